The summed E-state index contributed by atoms with van der Waals surface area (Å²) < 4.78 is 45.4. The zero-order valence-corrected chi connectivity index (χ0v) is 11.7. The fourth-order valence-corrected chi connectivity index (χ4v) is 2.03. The van der Waals surface area contributed by atoms with E-state index >= 15 is 0 Å². The van der Waals surface area contributed by atoms with E-state index in [-0.39, 0.29) is 10.8 Å². The van der Waals surface area contributed by atoms with Crippen LogP contribution in [0.15, 0.2) is 54.6 Å². The Bertz CT molecular complexity index is 541. The summed E-state index contributed by atoms with van der Waals surface area (Å²) in [6.07, 6.45) is -4.69. The summed E-state index contributed by atoms with van der Waals surface area (Å²) in [5, 5.41) is -0.377. The second-order valence-corrected chi connectivity index (χ2v) is 4.70. The Morgan fingerprint density at radius 2 is 1.40 bits per heavy atom. The maximum absolute atomic E-state index is 12.0. The van der Waals surface area contributed by atoms with Gasteiger partial charge in [-0.15, -0.1) is 13.2 Å². The summed E-state index contributed by atoms with van der Waals surface area (Å²) in [7, 11) is 0. The number of alkyl halides is 4. The molecule has 6 heteroatoms. The fraction of sp³-hybridized carbons (Fsp3) is 0.143. The molecule has 0 heterocycles. The van der Waals surface area contributed by atoms with Crippen molar-refractivity contribution in [1.82, 2.24) is 0 Å². The highest BCUT2D eigenvalue weighted by Gasteiger charge is 2.31. The summed E-state index contributed by atoms with van der Waals surface area (Å²) in [6, 6.07) is 14.6. The van der Waals surface area contributed by atoms with Crippen LogP contribution in [-0.2, 0) is 0 Å². The van der Waals surface area contributed by atoms with Crippen LogP contribution >= 0.6 is 15.9 Å². The summed E-state index contributed by atoms with van der Waals surface area (Å²) in [5.74, 6) is 0.154. The van der Waals surface area contributed by atoms with Crippen molar-refractivity contribution >= 4 is 15.9 Å². The highest BCUT2D eigenvalue weighted by atomic mass is 79.9. The summed E-state index contributed by atoms with van der Waals surface area (Å²) >= 11 is 3.36. The van der Waals surface area contributed by atoms with Crippen LogP contribution < -0.4 is 9.47 Å². The van der Waals surface area contributed by atoms with Gasteiger partial charge in [-0.2, -0.15) is 0 Å². The Morgan fingerprint density at radius 1 is 0.850 bits per heavy atom. The molecular formula is C14H10BrF3O2. The predicted octanol–water partition coefficient (Wildman–Crippen LogP) is 5.06. The highest BCUT2D eigenvalue weighted by molar-refractivity contribution is 9.09. The zero-order valence-electron chi connectivity index (χ0n) is 10.1. The van der Waals surface area contributed by atoms with Crippen molar-refractivity contribution in [3.8, 4) is 11.5 Å². The number of hydrogen-bond donors (Lipinski definition) is 0. The minimum absolute atomic E-state index is 0.282. The second-order valence-electron chi connectivity index (χ2n) is 3.86. The van der Waals surface area contributed by atoms with E-state index in [9.17, 15) is 13.2 Å². The molecule has 0 radical (unpaired) electrons. The summed E-state index contributed by atoms with van der Waals surface area (Å²) in [5.41, 5.74) is 0.906. The average molecular weight is 347 g/mol. The Balaban J connectivity index is 2.00. The number of ether oxygens (including phenoxy) is 2. The lowest BCUT2D eigenvalue weighted by Crippen LogP contribution is -2.16. The third kappa shape index (κ3) is 4.45. The number of hydrogen-bond acceptors (Lipinski definition) is 2. The van der Waals surface area contributed by atoms with E-state index in [1.54, 1.807) is 0 Å². The zero-order chi connectivity index (χ0) is 14.6. The molecule has 0 N–H and O–H groups in total. The normalized spacial score (nSPS) is 12.8. The second kappa shape index (κ2) is 6.17. The van der Waals surface area contributed by atoms with E-state index in [0.29, 0.717) is 5.75 Å². The molecule has 0 amide bonds. The van der Waals surface area contributed by atoms with Crippen molar-refractivity contribution in [3.05, 3.63) is 60.2 Å². The van der Waals surface area contributed by atoms with Crippen LogP contribution in [0.1, 0.15) is 10.6 Å². The first kappa shape index (κ1) is 14.7. The molecular weight excluding hydrogens is 337 g/mol. The molecule has 0 bridgehead atoms. The molecule has 0 saturated heterocycles. The number of benzene rings is 2. The number of rotatable bonds is 4. The van der Waals surface area contributed by atoms with Gasteiger partial charge < -0.3 is 9.47 Å². The molecule has 1 unspecified atom stereocenters. The van der Waals surface area contributed by atoms with Crippen LogP contribution in [0.5, 0.6) is 11.5 Å². The highest BCUT2D eigenvalue weighted by Crippen LogP contribution is 2.29. The van der Waals surface area contributed by atoms with Gasteiger partial charge in [0, 0.05) is 5.56 Å². The Kier molecular flexibility index (Phi) is 4.54. The molecule has 0 aliphatic heterocycles. The van der Waals surface area contributed by atoms with Crippen molar-refractivity contribution in [3.63, 3.8) is 0 Å². The Morgan fingerprint density at radius 3 is 1.95 bits per heavy atom. The first-order chi connectivity index (χ1) is 9.44. The minimum atomic E-state index is -4.69. The van der Waals surface area contributed by atoms with Gasteiger partial charge in [0.2, 0.25) is 0 Å². The lowest BCUT2D eigenvalue weighted by molar-refractivity contribution is -0.274. The molecule has 0 aliphatic carbocycles. The van der Waals surface area contributed by atoms with Gasteiger partial charge in [-0.25, -0.2) is 0 Å². The van der Waals surface area contributed by atoms with Crippen LogP contribution in [-0.4, -0.2) is 6.36 Å². The van der Waals surface area contributed by atoms with Crippen LogP contribution in [0, 0.1) is 0 Å². The third-order valence-corrected chi connectivity index (χ3v) is 3.07. The molecule has 0 aromatic heterocycles. The van der Waals surface area contributed by atoms with Crippen molar-refractivity contribution in [1.29, 1.82) is 0 Å². The third-order valence-electron chi connectivity index (χ3n) is 2.36. The largest absolute Gasteiger partial charge is 0.573 e. The molecule has 106 valence electrons. The SMILES string of the molecule is FC(F)(F)Oc1ccc(OC(Br)c2ccccc2)cc1. The van der Waals surface area contributed by atoms with E-state index < -0.39 is 6.36 Å². The van der Waals surface area contributed by atoms with Gasteiger partial charge in [0.15, 0.2) is 5.01 Å². The van der Waals surface area contributed by atoms with Gasteiger partial charge in [0.25, 0.3) is 0 Å². The summed E-state index contributed by atoms with van der Waals surface area (Å²) in [6.45, 7) is 0. The van der Waals surface area contributed by atoms with Gasteiger partial charge in [0.05, 0.1) is 0 Å². The van der Waals surface area contributed by atoms with Crippen LogP contribution in [0.2, 0.25) is 0 Å². The Labute approximate surface area is 122 Å². The van der Waals surface area contributed by atoms with Gasteiger partial charge in [0.1, 0.15) is 11.5 Å². The molecule has 0 saturated carbocycles. The molecule has 1 atom stereocenters. The molecule has 2 nitrogen and oxygen atoms in total. The first-order valence-corrected chi connectivity index (χ1v) is 6.57. The molecule has 0 spiro atoms. The number of halogens is 4. The van der Waals surface area contributed by atoms with Gasteiger partial charge in [-0.05, 0) is 40.2 Å². The van der Waals surface area contributed by atoms with Crippen LogP contribution in [0.25, 0.3) is 0 Å². The van der Waals surface area contributed by atoms with Crippen LogP contribution in [0.3, 0.4) is 0 Å². The standard InChI is InChI=1S/C14H10BrF3O2/c15-13(10-4-2-1-3-5-10)19-11-6-8-12(9-7-11)20-14(16,17)18/h1-9,13H. The Hall–Kier alpha value is -1.69. The molecule has 2 aromatic carbocycles. The molecule has 0 aliphatic rings. The van der Waals surface area contributed by atoms with E-state index in [2.05, 4.69) is 20.7 Å². The summed E-state index contributed by atoms with van der Waals surface area (Å²) in [4.78, 5) is 0. The van der Waals surface area contributed by atoms with Crippen molar-refractivity contribution in [2.24, 2.45) is 0 Å². The fourth-order valence-electron chi connectivity index (χ4n) is 1.51. The first-order valence-electron chi connectivity index (χ1n) is 5.65. The lowest BCUT2D eigenvalue weighted by Gasteiger charge is -2.14. The van der Waals surface area contributed by atoms with E-state index in [1.165, 1.54) is 24.3 Å². The van der Waals surface area contributed by atoms with Gasteiger partial charge in [-0.3, -0.25) is 0 Å². The molecule has 2 aromatic rings. The van der Waals surface area contributed by atoms with E-state index in [4.69, 9.17) is 4.74 Å². The maximum Gasteiger partial charge on any atom is 0.573 e. The van der Waals surface area contributed by atoms with Gasteiger partial charge in [-0.1, -0.05) is 30.3 Å². The maximum atomic E-state index is 12.0. The van der Waals surface area contributed by atoms with Crippen molar-refractivity contribution in [2.45, 2.75) is 11.4 Å². The minimum Gasteiger partial charge on any atom is -0.474 e. The predicted molar refractivity (Wildman–Crippen MR) is 71.9 cm³/mol. The van der Waals surface area contributed by atoms with E-state index in [0.717, 1.165) is 5.56 Å². The van der Waals surface area contributed by atoms with Crippen molar-refractivity contribution in [2.75, 3.05) is 0 Å². The average Bonchev–Trinajstić information content (AvgIpc) is 2.40. The topological polar surface area (TPSA) is 18.5 Å². The van der Waals surface area contributed by atoms with Gasteiger partial charge >= 0.3 is 6.36 Å². The lowest BCUT2D eigenvalue weighted by atomic mass is 10.2. The molecule has 2 rings (SSSR count). The van der Waals surface area contributed by atoms with E-state index in [1.807, 2.05) is 30.3 Å². The quantitative estimate of drug-likeness (QED) is 0.720. The van der Waals surface area contributed by atoms with Crippen molar-refractivity contribution < 1.29 is 22.6 Å². The van der Waals surface area contributed by atoms with Crippen LogP contribution in [0.4, 0.5) is 13.2 Å². The smallest absolute Gasteiger partial charge is 0.474 e. The molecule has 20 heavy (non-hydrogen) atoms. The monoisotopic (exact) mass is 346 g/mol. The molecule has 0 fully saturated rings.